The molecule has 0 aliphatic heterocycles. The molecule has 1 nitrogen and oxygen atoms in total. The van der Waals surface area contributed by atoms with Gasteiger partial charge in [-0.15, -0.1) is 0 Å². The van der Waals surface area contributed by atoms with Crippen molar-refractivity contribution in [2.24, 2.45) is 0 Å². The summed E-state index contributed by atoms with van der Waals surface area (Å²) in [7, 11) is 0. The van der Waals surface area contributed by atoms with E-state index in [1.165, 1.54) is 6.92 Å². The smallest absolute Gasteiger partial charge is 0.0761 e. The Hall–Kier alpha value is -0.820. The quantitative estimate of drug-likeness (QED) is 0.603. The highest BCUT2D eigenvalue weighted by atomic mass is 16.3. The molecule has 0 unspecified atom stereocenters. The van der Waals surface area contributed by atoms with Crippen LogP contribution in [0.3, 0.4) is 0 Å². The Morgan fingerprint density at radius 3 is 2.33 bits per heavy atom. The van der Waals surface area contributed by atoms with Crippen molar-refractivity contribution in [2.75, 3.05) is 0 Å². The van der Waals surface area contributed by atoms with Crippen LogP contribution in [0.5, 0.6) is 0 Å². The molecule has 0 amide bonds. The van der Waals surface area contributed by atoms with Gasteiger partial charge in [-0.05, 0) is 12.5 Å². The normalized spacial score (nSPS) is 18.2. The average Bonchev–Trinajstić information content (AvgIpc) is 1.88. The van der Waals surface area contributed by atoms with Gasteiger partial charge in [0.2, 0.25) is 0 Å². The van der Waals surface area contributed by atoms with Crippen molar-refractivity contribution in [3.8, 4) is 0 Å². The summed E-state index contributed by atoms with van der Waals surface area (Å²) in [6.45, 7) is 1.45. The molecule has 0 spiro atoms. The third-order valence-corrected chi connectivity index (χ3v) is 1.19. The van der Waals surface area contributed by atoms with Crippen molar-refractivity contribution in [1.29, 1.82) is 0 Å². The van der Waals surface area contributed by atoms with Crippen LogP contribution in [0.2, 0.25) is 0 Å². The first-order valence-electron chi connectivity index (χ1n) is 3.38. The minimum atomic E-state index is -1.46. The lowest BCUT2D eigenvalue weighted by molar-refractivity contribution is 0.199. The van der Waals surface area contributed by atoms with E-state index in [1.54, 1.807) is 24.3 Å². The van der Waals surface area contributed by atoms with E-state index < -0.39 is 6.08 Å². The lowest BCUT2D eigenvalue weighted by Crippen LogP contribution is -1.87. The third-order valence-electron chi connectivity index (χ3n) is 1.19. The second-order valence-electron chi connectivity index (χ2n) is 1.95. The summed E-state index contributed by atoms with van der Waals surface area (Å²) in [6, 6.07) is 8.92. The minimum Gasteiger partial charge on any atom is -0.389 e. The Morgan fingerprint density at radius 1 is 1.44 bits per heavy atom. The minimum absolute atomic E-state index is 0.620. The van der Waals surface area contributed by atoms with Gasteiger partial charge in [0.1, 0.15) is 0 Å². The molecule has 9 heavy (non-hydrogen) atoms. The maximum atomic E-state index is 9.16. The summed E-state index contributed by atoms with van der Waals surface area (Å²) in [5.41, 5.74) is 0.620. The van der Waals surface area contributed by atoms with Crippen LogP contribution in [0.25, 0.3) is 0 Å². The average molecular weight is 123 g/mol. The topological polar surface area (TPSA) is 20.2 Å². The molecule has 0 aliphatic rings. The van der Waals surface area contributed by atoms with Gasteiger partial charge in [-0.25, -0.2) is 0 Å². The molecule has 0 fully saturated rings. The summed E-state index contributed by atoms with van der Waals surface area (Å²) < 4.78 is 7.23. The Labute approximate surface area is 56.4 Å². The van der Waals surface area contributed by atoms with Crippen LogP contribution in [-0.2, 0) is 0 Å². The Bertz CT molecular complexity index is 200. The SMILES string of the molecule is [2H][C@@](C)(O)c1ccccc1. The van der Waals surface area contributed by atoms with E-state index in [2.05, 4.69) is 0 Å². The fourth-order valence-corrected chi connectivity index (χ4v) is 0.679. The molecule has 0 bridgehead atoms. The van der Waals surface area contributed by atoms with Gasteiger partial charge in [-0.2, -0.15) is 0 Å². The van der Waals surface area contributed by atoms with E-state index in [0.717, 1.165) is 0 Å². The summed E-state index contributed by atoms with van der Waals surface area (Å²) in [5.74, 6) is 0. The van der Waals surface area contributed by atoms with Gasteiger partial charge in [-0.1, -0.05) is 30.3 Å². The highest BCUT2D eigenvalue weighted by molar-refractivity contribution is 5.16. The molecule has 1 atom stereocenters. The molecule has 0 heterocycles. The van der Waals surface area contributed by atoms with E-state index in [-0.39, 0.29) is 0 Å². The largest absolute Gasteiger partial charge is 0.389 e. The van der Waals surface area contributed by atoms with Crippen molar-refractivity contribution in [3.05, 3.63) is 35.9 Å². The molecular weight excluding hydrogens is 112 g/mol. The molecule has 1 aromatic rings. The van der Waals surface area contributed by atoms with Gasteiger partial charge in [0.15, 0.2) is 0 Å². The molecule has 0 saturated heterocycles. The second-order valence-corrected chi connectivity index (χ2v) is 1.95. The van der Waals surface area contributed by atoms with Crippen molar-refractivity contribution in [1.82, 2.24) is 0 Å². The van der Waals surface area contributed by atoms with Gasteiger partial charge in [-0.3, -0.25) is 0 Å². The summed E-state index contributed by atoms with van der Waals surface area (Å²) in [5, 5.41) is 9.16. The molecule has 1 rings (SSSR count). The zero-order chi connectivity index (χ0) is 7.61. The third kappa shape index (κ3) is 1.54. The van der Waals surface area contributed by atoms with E-state index in [4.69, 9.17) is 6.48 Å². The van der Waals surface area contributed by atoms with Crippen LogP contribution >= 0.6 is 0 Å². The van der Waals surface area contributed by atoms with E-state index >= 15 is 0 Å². The maximum Gasteiger partial charge on any atom is 0.0761 e. The molecular formula is C8H10O. The molecule has 0 aromatic heterocycles. The molecule has 0 saturated carbocycles. The first kappa shape index (κ1) is 5.00. The van der Waals surface area contributed by atoms with Crippen LogP contribution in [-0.4, -0.2) is 5.11 Å². The van der Waals surface area contributed by atoms with Crippen LogP contribution < -0.4 is 0 Å². The highest BCUT2D eigenvalue weighted by Crippen LogP contribution is 2.08. The zero-order valence-corrected chi connectivity index (χ0v) is 5.33. The van der Waals surface area contributed by atoms with E-state index in [1.807, 2.05) is 6.07 Å². The first-order valence-corrected chi connectivity index (χ1v) is 2.88. The Balaban J connectivity index is 2.97. The number of hydrogen-bond acceptors (Lipinski definition) is 1. The molecule has 0 aliphatic carbocycles. The van der Waals surface area contributed by atoms with Crippen molar-refractivity contribution in [2.45, 2.75) is 13.0 Å². The Morgan fingerprint density at radius 2 is 2.00 bits per heavy atom. The first-order chi connectivity index (χ1) is 4.61. The van der Waals surface area contributed by atoms with Gasteiger partial charge in [0, 0.05) is 0 Å². The molecule has 1 aromatic carbocycles. The summed E-state index contributed by atoms with van der Waals surface area (Å²) in [4.78, 5) is 0. The van der Waals surface area contributed by atoms with Crippen LogP contribution in [0.4, 0.5) is 0 Å². The van der Waals surface area contributed by atoms with Crippen LogP contribution in [0, 0.1) is 0 Å². The predicted octanol–water partition coefficient (Wildman–Crippen LogP) is 1.74. The number of aliphatic hydroxyl groups is 1. The van der Waals surface area contributed by atoms with Gasteiger partial charge < -0.3 is 5.11 Å². The molecule has 1 heteroatoms. The van der Waals surface area contributed by atoms with Crippen LogP contribution in [0.1, 0.15) is 19.9 Å². The van der Waals surface area contributed by atoms with E-state index in [9.17, 15) is 0 Å². The standard InChI is InChI=1S/C8H10O/c1-7(9)8-5-3-2-4-6-8/h2-7,9H,1H3/t7-/m0/s1/i7D. The lowest BCUT2D eigenvalue weighted by atomic mass is 10.1. The zero-order valence-electron chi connectivity index (χ0n) is 6.33. The van der Waals surface area contributed by atoms with Crippen LogP contribution in [0.15, 0.2) is 30.3 Å². The van der Waals surface area contributed by atoms with E-state index in [0.29, 0.717) is 5.56 Å². The van der Waals surface area contributed by atoms with Gasteiger partial charge >= 0.3 is 0 Å². The summed E-state index contributed by atoms with van der Waals surface area (Å²) in [6.07, 6.45) is -1.46. The van der Waals surface area contributed by atoms with Crippen molar-refractivity contribution >= 4 is 0 Å². The lowest BCUT2D eigenvalue weighted by Gasteiger charge is -2.00. The molecule has 48 valence electrons. The van der Waals surface area contributed by atoms with Crippen molar-refractivity contribution in [3.63, 3.8) is 0 Å². The van der Waals surface area contributed by atoms with Gasteiger partial charge in [0.25, 0.3) is 0 Å². The second kappa shape index (κ2) is 2.65. The highest BCUT2D eigenvalue weighted by Gasteiger charge is 1.95. The number of benzene rings is 1. The fraction of sp³-hybridized carbons (Fsp3) is 0.250. The maximum absolute atomic E-state index is 9.16. The number of hydrogen-bond donors (Lipinski definition) is 1. The number of rotatable bonds is 1. The molecule has 1 N–H and O–H groups in total. The molecule has 0 radical (unpaired) electrons. The summed E-state index contributed by atoms with van der Waals surface area (Å²) >= 11 is 0. The monoisotopic (exact) mass is 123 g/mol. The predicted molar refractivity (Wildman–Crippen MR) is 37.1 cm³/mol. The van der Waals surface area contributed by atoms with Gasteiger partial charge in [0.05, 0.1) is 7.45 Å². The fourth-order valence-electron chi connectivity index (χ4n) is 0.679. The van der Waals surface area contributed by atoms with Crippen molar-refractivity contribution < 1.29 is 6.48 Å². The Kier molecular flexibility index (Phi) is 1.47.